The lowest BCUT2D eigenvalue weighted by Crippen LogP contribution is -2.40. The van der Waals surface area contributed by atoms with E-state index in [0.29, 0.717) is 17.8 Å². The van der Waals surface area contributed by atoms with E-state index in [-0.39, 0.29) is 11.6 Å². The fourth-order valence-corrected chi connectivity index (χ4v) is 3.08. The number of aryl methyl sites for hydroxylation is 1. The number of halogens is 2. The van der Waals surface area contributed by atoms with Gasteiger partial charge < -0.3 is 9.75 Å². The number of benzene rings is 1. The predicted molar refractivity (Wildman–Crippen MR) is 82.5 cm³/mol. The molecule has 0 atom stereocenters. The SMILES string of the molecule is COc1cc2c(cc1F)nc(CCCl)n2N1CCCCC1. The Hall–Kier alpha value is -1.49. The molecule has 0 radical (unpaired) electrons. The molecule has 0 bridgehead atoms. The summed E-state index contributed by atoms with van der Waals surface area (Å²) in [6, 6.07) is 3.16. The minimum absolute atomic E-state index is 0.248. The van der Waals surface area contributed by atoms with E-state index in [4.69, 9.17) is 16.3 Å². The maximum atomic E-state index is 13.9. The average Bonchev–Trinajstić information content (AvgIpc) is 2.84. The van der Waals surface area contributed by atoms with Crippen molar-refractivity contribution in [1.29, 1.82) is 0 Å². The highest BCUT2D eigenvalue weighted by Gasteiger charge is 2.20. The van der Waals surface area contributed by atoms with Gasteiger partial charge in [-0.3, -0.25) is 0 Å². The molecule has 2 aromatic rings. The molecule has 0 spiro atoms. The number of hydrogen-bond donors (Lipinski definition) is 0. The van der Waals surface area contributed by atoms with Crippen LogP contribution in [-0.4, -0.2) is 35.7 Å². The van der Waals surface area contributed by atoms with Crippen molar-refractivity contribution in [3.05, 3.63) is 23.8 Å². The van der Waals surface area contributed by atoms with Crippen LogP contribution < -0.4 is 9.75 Å². The highest BCUT2D eigenvalue weighted by Crippen LogP contribution is 2.27. The van der Waals surface area contributed by atoms with E-state index in [1.54, 1.807) is 6.07 Å². The Morgan fingerprint density at radius 3 is 2.71 bits per heavy atom. The second kappa shape index (κ2) is 6.10. The Morgan fingerprint density at radius 2 is 2.05 bits per heavy atom. The Kier molecular flexibility index (Phi) is 4.19. The van der Waals surface area contributed by atoms with Crippen molar-refractivity contribution in [2.75, 3.05) is 31.1 Å². The first-order chi connectivity index (χ1) is 10.2. The molecule has 2 heterocycles. The van der Waals surface area contributed by atoms with Gasteiger partial charge in [-0.25, -0.2) is 14.1 Å². The monoisotopic (exact) mass is 311 g/mol. The van der Waals surface area contributed by atoms with Gasteiger partial charge >= 0.3 is 0 Å². The standard InChI is InChI=1S/C15H19ClFN3O/c1-21-14-10-13-12(9-11(14)17)18-15(5-6-16)20(13)19-7-3-2-4-8-19/h9-10H,2-8H2,1H3. The van der Waals surface area contributed by atoms with Crippen molar-refractivity contribution >= 4 is 22.6 Å². The van der Waals surface area contributed by atoms with Crippen molar-refractivity contribution in [2.24, 2.45) is 0 Å². The van der Waals surface area contributed by atoms with Crippen LogP contribution >= 0.6 is 11.6 Å². The van der Waals surface area contributed by atoms with Crippen LogP contribution in [0.15, 0.2) is 12.1 Å². The number of ether oxygens (including phenoxy) is 1. The van der Waals surface area contributed by atoms with Gasteiger partial charge in [-0.05, 0) is 19.3 Å². The molecular weight excluding hydrogens is 293 g/mol. The number of hydrogen-bond acceptors (Lipinski definition) is 3. The smallest absolute Gasteiger partial charge is 0.167 e. The van der Waals surface area contributed by atoms with Crippen LogP contribution in [0.5, 0.6) is 5.75 Å². The molecule has 1 aromatic heterocycles. The number of imidazole rings is 1. The summed E-state index contributed by atoms with van der Waals surface area (Å²) in [5.74, 6) is 1.25. The maximum absolute atomic E-state index is 13.9. The quantitative estimate of drug-likeness (QED) is 0.813. The van der Waals surface area contributed by atoms with E-state index < -0.39 is 0 Å². The zero-order valence-electron chi connectivity index (χ0n) is 12.1. The summed E-state index contributed by atoms with van der Waals surface area (Å²) in [5, 5.41) is 2.28. The van der Waals surface area contributed by atoms with Gasteiger partial charge in [0, 0.05) is 37.5 Å². The van der Waals surface area contributed by atoms with Gasteiger partial charge in [-0.2, -0.15) is 0 Å². The number of alkyl halides is 1. The van der Waals surface area contributed by atoms with Gasteiger partial charge in [-0.15, -0.1) is 11.6 Å². The lowest BCUT2D eigenvalue weighted by atomic mass is 10.2. The molecule has 4 nitrogen and oxygen atoms in total. The molecule has 0 aliphatic carbocycles. The van der Waals surface area contributed by atoms with Crippen molar-refractivity contribution in [3.8, 4) is 5.75 Å². The van der Waals surface area contributed by atoms with Gasteiger partial charge in [0.15, 0.2) is 11.6 Å². The normalized spacial score (nSPS) is 15.7. The minimum atomic E-state index is -0.384. The Bertz CT molecular complexity index is 637. The van der Waals surface area contributed by atoms with Crippen molar-refractivity contribution in [3.63, 3.8) is 0 Å². The fraction of sp³-hybridized carbons (Fsp3) is 0.533. The second-order valence-electron chi connectivity index (χ2n) is 5.27. The van der Waals surface area contributed by atoms with Crippen molar-refractivity contribution in [2.45, 2.75) is 25.7 Å². The van der Waals surface area contributed by atoms with Crippen molar-refractivity contribution in [1.82, 2.24) is 9.66 Å². The topological polar surface area (TPSA) is 30.3 Å². The first-order valence-corrected chi connectivity index (χ1v) is 7.84. The van der Waals surface area contributed by atoms with Gasteiger partial charge in [-0.1, -0.05) is 0 Å². The van der Waals surface area contributed by atoms with Crippen LogP contribution in [0.1, 0.15) is 25.1 Å². The number of aromatic nitrogens is 2. The summed E-state index contributed by atoms with van der Waals surface area (Å²) < 4.78 is 21.1. The van der Waals surface area contributed by atoms with Crippen LogP contribution in [-0.2, 0) is 6.42 Å². The second-order valence-corrected chi connectivity index (χ2v) is 5.65. The Balaban J connectivity index is 2.14. The van der Waals surface area contributed by atoms with Gasteiger partial charge in [0.25, 0.3) is 0 Å². The van der Waals surface area contributed by atoms with Gasteiger partial charge in [0.1, 0.15) is 5.82 Å². The highest BCUT2D eigenvalue weighted by molar-refractivity contribution is 6.17. The molecule has 1 fully saturated rings. The minimum Gasteiger partial charge on any atom is -0.494 e. The summed E-state index contributed by atoms with van der Waals surface area (Å²) in [6.07, 6.45) is 4.25. The summed E-state index contributed by atoms with van der Waals surface area (Å²) in [6.45, 7) is 1.97. The van der Waals surface area contributed by atoms with E-state index in [1.165, 1.54) is 19.6 Å². The van der Waals surface area contributed by atoms with E-state index in [1.807, 2.05) is 0 Å². The van der Waals surface area contributed by atoms with Crippen LogP contribution in [0.4, 0.5) is 4.39 Å². The van der Waals surface area contributed by atoms with Crippen LogP contribution in [0, 0.1) is 5.82 Å². The number of rotatable bonds is 4. The number of methoxy groups -OCH3 is 1. The van der Waals surface area contributed by atoms with E-state index in [9.17, 15) is 4.39 Å². The number of fused-ring (bicyclic) bond motifs is 1. The summed E-state index contributed by atoms with van der Waals surface area (Å²) >= 11 is 5.89. The number of piperidine rings is 1. The summed E-state index contributed by atoms with van der Waals surface area (Å²) in [7, 11) is 1.48. The lowest BCUT2D eigenvalue weighted by Gasteiger charge is -2.31. The first-order valence-electron chi connectivity index (χ1n) is 7.30. The molecule has 1 saturated heterocycles. The van der Waals surface area contributed by atoms with E-state index in [0.717, 1.165) is 37.3 Å². The molecule has 21 heavy (non-hydrogen) atoms. The third kappa shape index (κ3) is 2.67. The third-order valence-corrected chi connectivity index (χ3v) is 4.09. The molecule has 1 aromatic carbocycles. The maximum Gasteiger partial charge on any atom is 0.167 e. The van der Waals surface area contributed by atoms with Gasteiger partial charge in [0.2, 0.25) is 0 Å². The summed E-state index contributed by atoms with van der Waals surface area (Å²) in [4.78, 5) is 4.56. The Morgan fingerprint density at radius 1 is 1.29 bits per heavy atom. The number of nitrogens with zero attached hydrogens (tertiary/aromatic N) is 3. The predicted octanol–water partition coefficient (Wildman–Crippen LogP) is 3.09. The van der Waals surface area contributed by atoms with Gasteiger partial charge in [0.05, 0.1) is 18.1 Å². The van der Waals surface area contributed by atoms with Crippen molar-refractivity contribution < 1.29 is 9.13 Å². The van der Waals surface area contributed by atoms with Crippen LogP contribution in [0.2, 0.25) is 0 Å². The largest absolute Gasteiger partial charge is 0.494 e. The fourth-order valence-electron chi connectivity index (χ4n) is 2.91. The summed E-state index contributed by atoms with van der Waals surface area (Å²) in [5.41, 5.74) is 1.54. The molecule has 6 heteroatoms. The highest BCUT2D eigenvalue weighted by atomic mass is 35.5. The van der Waals surface area contributed by atoms with E-state index in [2.05, 4.69) is 14.7 Å². The molecule has 114 valence electrons. The molecule has 0 unspecified atom stereocenters. The average molecular weight is 312 g/mol. The first kappa shape index (κ1) is 14.4. The van der Waals surface area contributed by atoms with Crippen LogP contribution in [0.25, 0.3) is 11.0 Å². The third-order valence-electron chi connectivity index (χ3n) is 3.90. The zero-order chi connectivity index (χ0) is 14.8. The molecule has 0 saturated carbocycles. The molecule has 0 N–H and O–H groups in total. The molecule has 1 aliphatic heterocycles. The molecule has 0 amide bonds. The Labute approximate surface area is 128 Å². The molecule has 3 rings (SSSR count). The molecular formula is C15H19ClFN3O. The van der Waals surface area contributed by atoms with E-state index >= 15 is 0 Å². The zero-order valence-corrected chi connectivity index (χ0v) is 12.9. The lowest BCUT2D eigenvalue weighted by molar-refractivity contribution is 0.387. The molecule has 1 aliphatic rings. The van der Waals surface area contributed by atoms with Crippen LogP contribution in [0.3, 0.4) is 0 Å².